The van der Waals surface area contributed by atoms with Crippen LogP contribution in [0.25, 0.3) is 0 Å². The van der Waals surface area contributed by atoms with Crippen LogP contribution in [0.5, 0.6) is 0 Å². The molecule has 1 aliphatic carbocycles. The van der Waals surface area contributed by atoms with E-state index < -0.39 is 5.60 Å². The average Bonchev–Trinajstić information content (AvgIpc) is 2.83. The van der Waals surface area contributed by atoms with Gasteiger partial charge >= 0.3 is 0 Å². The lowest BCUT2D eigenvalue weighted by Crippen LogP contribution is -2.63. The van der Waals surface area contributed by atoms with Gasteiger partial charge in [-0.1, -0.05) is 31.5 Å². The summed E-state index contributed by atoms with van der Waals surface area (Å²) in [6.07, 6.45) is 5.79. The number of carbonyl (C=O) groups excluding carboxylic acids is 1. The van der Waals surface area contributed by atoms with Gasteiger partial charge in [-0.05, 0) is 42.4 Å². The number of amides is 1. The van der Waals surface area contributed by atoms with Crippen molar-refractivity contribution in [2.24, 2.45) is 0 Å². The van der Waals surface area contributed by atoms with Crippen molar-refractivity contribution in [1.29, 1.82) is 0 Å². The largest absolute Gasteiger partial charge is 0.386 e. The fourth-order valence-electron chi connectivity index (χ4n) is 3.49. The maximum absolute atomic E-state index is 12.2. The topological polar surface area (TPSA) is 40.5 Å². The number of rotatable bonds is 4. The Kier molecular flexibility index (Phi) is 3.55. The van der Waals surface area contributed by atoms with E-state index in [0.717, 1.165) is 24.8 Å². The van der Waals surface area contributed by atoms with Crippen LogP contribution in [-0.4, -0.2) is 34.6 Å². The quantitative estimate of drug-likeness (QED) is 0.912. The third-order valence-electron chi connectivity index (χ3n) is 4.56. The molecule has 1 aromatic carbocycles. The molecular formula is C17H23NO2. The van der Waals surface area contributed by atoms with Crippen LogP contribution < -0.4 is 0 Å². The Bertz CT molecular complexity index is 518. The van der Waals surface area contributed by atoms with E-state index in [4.69, 9.17) is 0 Å². The van der Waals surface area contributed by atoms with Crippen LogP contribution in [0.15, 0.2) is 18.2 Å². The molecule has 3 nitrogen and oxygen atoms in total. The molecule has 3 rings (SSSR count). The summed E-state index contributed by atoms with van der Waals surface area (Å²) < 4.78 is 0. The molecule has 1 amide bonds. The van der Waals surface area contributed by atoms with E-state index in [0.29, 0.717) is 19.5 Å². The molecule has 0 unspecified atom stereocenters. The molecule has 20 heavy (non-hydrogen) atoms. The van der Waals surface area contributed by atoms with Crippen molar-refractivity contribution in [3.05, 3.63) is 34.9 Å². The maximum Gasteiger partial charge on any atom is 0.227 e. The fourth-order valence-corrected chi connectivity index (χ4v) is 3.49. The minimum Gasteiger partial charge on any atom is -0.386 e. The molecule has 1 fully saturated rings. The van der Waals surface area contributed by atoms with Gasteiger partial charge in [0, 0.05) is 0 Å². The first kappa shape index (κ1) is 13.6. The molecule has 1 heterocycles. The standard InChI is InChI=1S/C17H23NO2/c1-2-8-17(20)11-18(12-17)16(19)10-13-6-7-14-4-3-5-15(14)9-13/h6-7,9,20H,2-5,8,10-12H2,1H3. The molecule has 0 aromatic heterocycles. The highest BCUT2D eigenvalue weighted by Crippen LogP contribution is 2.27. The van der Waals surface area contributed by atoms with E-state index in [1.54, 1.807) is 4.90 Å². The van der Waals surface area contributed by atoms with Crippen LogP contribution in [0.1, 0.15) is 42.9 Å². The van der Waals surface area contributed by atoms with E-state index in [9.17, 15) is 9.90 Å². The predicted octanol–water partition coefficient (Wildman–Crippen LogP) is 2.09. The second kappa shape index (κ2) is 5.21. The molecule has 0 atom stereocenters. The summed E-state index contributed by atoms with van der Waals surface area (Å²) in [5, 5.41) is 10.1. The lowest BCUT2D eigenvalue weighted by Gasteiger charge is -2.46. The zero-order chi connectivity index (χ0) is 14.2. The number of nitrogens with zero attached hydrogens (tertiary/aromatic N) is 1. The normalized spacial score (nSPS) is 19.6. The number of hydrogen-bond donors (Lipinski definition) is 1. The average molecular weight is 273 g/mol. The molecule has 0 spiro atoms. The van der Waals surface area contributed by atoms with Crippen molar-refractivity contribution in [3.63, 3.8) is 0 Å². The number of benzene rings is 1. The number of likely N-dealkylation sites (tertiary alicyclic amines) is 1. The highest BCUT2D eigenvalue weighted by atomic mass is 16.3. The Morgan fingerprint density at radius 1 is 1.30 bits per heavy atom. The number of aryl methyl sites for hydroxylation is 2. The van der Waals surface area contributed by atoms with Crippen LogP contribution in [0.4, 0.5) is 0 Å². The van der Waals surface area contributed by atoms with Crippen LogP contribution in [0.2, 0.25) is 0 Å². The van der Waals surface area contributed by atoms with Crippen LogP contribution in [0, 0.1) is 0 Å². The van der Waals surface area contributed by atoms with Crippen molar-refractivity contribution in [2.75, 3.05) is 13.1 Å². The minimum absolute atomic E-state index is 0.142. The third-order valence-corrected chi connectivity index (χ3v) is 4.56. The van der Waals surface area contributed by atoms with Crippen molar-refractivity contribution in [2.45, 2.75) is 51.0 Å². The number of hydrogen-bond acceptors (Lipinski definition) is 2. The Labute approximate surface area is 120 Å². The van der Waals surface area contributed by atoms with Gasteiger partial charge in [0.2, 0.25) is 5.91 Å². The van der Waals surface area contributed by atoms with Gasteiger partial charge in [0.25, 0.3) is 0 Å². The first-order chi connectivity index (χ1) is 9.59. The summed E-state index contributed by atoms with van der Waals surface area (Å²) in [5.74, 6) is 0.142. The van der Waals surface area contributed by atoms with E-state index in [2.05, 4.69) is 25.1 Å². The zero-order valence-corrected chi connectivity index (χ0v) is 12.2. The molecule has 1 saturated heterocycles. The molecule has 1 N–H and O–H groups in total. The number of fused-ring (bicyclic) bond motifs is 1. The summed E-state index contributed by atoms with van der Waals surface area (Å²) >= 11 is 0. The zero-order valence-electron chi connectivity index (χ0n) is 12.2. The van der Waals surface area contributed by atoms with Crippen molar-refractivity contribution in [1.82, 2.24) is 4.90 Å². The van der Waals surface area contributed by atoms with Crippen molar-refractivity contribution < 1.29 is 9.90 Å². The van der Waals surface area contributed by atoms with Crippen LogP contribution >= 0.6 is 0 Å². The lowest BCUT2D eigenvalue weighted by molar-refractivity contribution is -0.155. The Balaban J connectivity index is 1.58. The van der Waals surface area contributed by atoms with E-state index >= 15 is 0 Å². The summed E-state index contributed by atoms with van der Waals surface area (Å²) in [6, 6.07) is 6.45. The molecule has 0 saturated carbocycles. The van der Waals surface area contributed by atoms with Crippen LogP contribution in [0.3, 0.4) is 0 Å². The summed E-state index contributed by atoms with van der Waals surface area (Å²) in [5.41, 5.74) is 3.35. The molecule has 1 aliphatic heterocycles. The molecular weight excluding hydrogens is 250 g/mol. The van der Waals surface area contributed by atoms with Crippen LogP contribution in [-0.2, 0) is 24.1 Å². The van der Waals surface area contributed by atoms with E-state index in [-0.39, 0.29) is 5.91 Å². The van der Waals surface area contributed by atoms with Gasteiger partial charge in [-0.15, -0.1) is 0 Å². The minimum atomic E-state index is -0.623. The third kappa shape index (κ3) is 2.59. The van der Waals surface area contributed by atoms with E-state index in [1.165, 1.54) is 24.0 Å². The van der Waals surface area contributed by atoms with Gasteiger partial charge in [-0.3, -0.25) is 4.79 Å². The Morgan fingerprint density at radius 2 is 2.05 bits per heavy atom. The second-order valence-corrected chi connectivity index (χ2v) is 6.36. The summed E-state index contributed by atoms with van der Waals surface area (Å²) in [4.78, 5) is 14.0. The molecule has 1 aromatic rings. The molecule has 108 valence electrons. The van der Waals surface area contributed by atoms with Gasteiger partial charge in [0.15, 0.2) is 0 Å². The first-order valence-corrected chi connectivity index (χ1v) is 7.70. The van der Waals surface area contributed by atoms with Crippen molar-refractivity contribution >= 4 is 5.91 Å². The molecule has 3 heteroatoms. The summed E-state index contributed by atoms with van der Waals surface area (Å²) in [6.45, 7) is 3.07. The molecule has 0 bridgehead atoms. The highest BCUT2D eigenvalue weighted by molar-refractivity contribution is 5.80. The van der Waals surface area contributed by atoms with Gasteiger partial charge in [-0.2, -0.15) is 0 Å². The predicted molar refractivity (Wildman–Crippen MR) is 78.6 cm³/mol. The number of β-amino-alcohol motifs (C(OH)–C–C–N with tert-alkyl or cyclic N) is 1. The molecule has 2 aliphatic rings. The smallest absolute Gasteiger partial charge is 0.227 e. The number of carbonyl (C=O) groups is 1. The monoisotopic (exact) mass is 273 g/mol. The number of aliphatic hydroxyl groups is 1. The highest BCUT2D eigenvalue weighted by Gasteiger charge is 2.42. The molecule has 0 radical (unpaired) electrons. The summed E-state index contributed by atoms with van der Waals surface area (Å²) in [7, 11) is 0. The van der Waals surface area contributed by atoms with Gasteiger partial charge < -0.3 is 10.0 Å². The van der Waals surface area contributed by atoms with Gasteiger partial charge in [-0.25, -0.2) is 0 Å². The van der Waals surface area contributed by atoms with E-state index in [1.807, 2.05) is 0 Å². The van der Waals surface area contributed by atoms with Crippen molar-refractivity contribution in [3.8, 4) is 0 Å². The Hall–Kier alpha value is -1.35. The van der Waals surface area contributed by atoms with Gasteiger partial charge in [0.05, 0.1) is 25.1 Å². The van der Waals surface area contributed by atoms with Gasteiger partial charge in [0.1, 0.15) is 0 Å². The first-order valence-electron chi connectivity index (χ1n) is 7.70. The maximum atomic E-state index is 12.2. The lowest BCUT2D eigenvalue weighted by atomic mass is 9.89. The SMILES string of the molecule is CCCC1(O)CN(C(=O)Cc2ccc3c(c2)CCC3)C1. The Morgan fingerprint density at radius 3 is 2.80 bits per heavy atom. The fraction of sp³-hybridized carbons (Fsp3) is 0.588. The second-order valence-electron chi connectivity index (χ2n) is 6.36.